The van der Waals surface area contributed by atoms with E-state index >= 15 is 0 Å². The second-order valence-electron chi connectivity index (χ2n) is 5.69. The number of amides is 1. The van der Waals surface area contributed by atoms with E-state index in [2.05, 4.69) is 15.6 Å². The minimum absolute atomic E-state index is 0.0170. The lowest BCUT2D eigenvalue weighted by Gasteiger charge is -2.08. The number of rotatable bonds is 5. The second kappa shape index (κ2) is 7.12. The molecule has 1 saturated heterocycles. The molecule has 0 aromatic heterocycles. The lowest BCUT2D eigenvalue weighted by atomic mass is 10.2. The van der Waals surface area contributed by atoms with Crippen molar-refractivity contribution in [2.45, 2.75) is 11.3 Å². The Kier molecular flexibility index (Phi) is 5.12. The summed E-state index contributed by atoms with van der Waals surface area (Å²) in [5.41, 5.74) is 1.39. The molecule has 130 valence electrons. The Bertz CT molecular complexity index is 746. The van der Waals surface area contributed by atoms with E-state index in [4.69, 9.17) is 4.74 Å². The highest BCUT2D eigenvalue weighted by Crippen LogP contribution is 2.34. The first kappa shape index (κ1) is 17.2. The molecule has 9 heteroatoms. The number of fused-ring (bicyclic) bond motifs is 1. The van der Waals surface area contributed by atoms with Crippen molar-refractivity contribution in [1.82, 2.24) is 5.32 Å². The number of hydrogen-bond acceptors (Lipinski definition) is 7. The fourth-order valence-corrected chi connectivity index (χ4v) is 6.29. The normalized spacial score (nSPS) is 24.3. The molecule has 0 radical (unpaired) electrons. The highest BCUT2D eigenvalue weighted by atomic mass is 32.2. The third-order valence-corrected chi connectivity index (χ3v) is 6.95. The van der Waals surface area contributed by atoms with Crippen LogP contribution < -0.4 is 10.6 Å². The summed E-state index contributed by atoms with van der Waals surface area (Å²) in [6, 6.07) is 6.93. The number of nitrogens with one attached hydrogen (secondary N) is 2. The van der Waals surface area contributed by atoms with Crippen molar-refractivity contribution in [2.24, 2.45) is 4.99 Å². The van der Waals surface area contributed by atoms with Crippen molar-refractivity contribution < 1.29 is 17.9 Å². The van der Waals surface area contributed by atoms with E-state index in [9.17, 15) is 13.2 Å². The van der Waals surface area contributed by atoms with Crippen molar-refractivity contribution in [3.05, 3.63) is 29.8 Å². The molecule has 1 aromatic rings. The van der Waals surface area contributed by atoms with Gasteiger partial charge in [0.05, 0.1) is 24.2 Å². The van der Waals surface area contributed by atoms with Crippen molar-refractivity contribution in [1.29, 1.82) is 0 Å². The molecule has 1 fully saturated rings. The van der Waals surface area contributed by atoms with Gasteiger partial charge >= 0.3 is 0 Å². The molecule has 1 aromatic carbocycles. The molecule has 0 spiro atoms. The Labute approximate surface area is 145 Å². The van der Waals surface area contributed by atoms with Gasteiger partial charge < -0.3 is 15.4 Å². The van der Waals surface area contributed by atoms with Crippen LogP contribution in [0, 0.1) is 0 Å². The van der Waals surface area contributed by atoms with Gasteiger partial charge in [0.2, 0.25) is 0 Å². The number of methoxy groups -OCH3 is 1. The van der Waals surface area contributed by atoms with E-state index < -0.39 is 9.84 Å². The van der Waals surface area contributed by atoms with E-state index in [1.165, 1.54) is 11.8 Å². The predicted molar refractivity (Wildman–Crippen MR) is 95.5 cm³/mol. The molecule has 0 saturated carbocycles. The maximum absolute atomic E-state index is 11.9. The van der Waals surface area contributed by atoms with E-state index in [0.29, 0.717) is 18.7 Å². The molecule has 0 bridgehead atoms. The molecular weight excluding hydrogens is 350 g/mol. The maximum atomic E-state index is 11.9. The molecular formula is C15H19N3O4S2. The Balaban J connectivity index is 1.57. The van der Waals surface area contributed by atoms with Crippen LogP contribution in [-0.2, 0) is 14.6 Å². The van der Waals surface area contributed by atoms with Gasteiger partial charge in [0.1, 0.15) is 0 Å². The molecule has 24 heavy (non-hydrogen) atoms. The van der Waals surface area contributed by atoms with Crippen LogP contribution in [0.15, 0.2) is 29.3 Å². The van der Waals surface area contributed by atoms with Crippen LogP contribution in [0.1, 0.15) is 10.4 Å². The smallest absolute Gasteiger partial charge is 0.251 e. The Morgan fingerprint density at radius 3 is 2.75 bits per heavy atom. The van der Waals surface area contributed by atoms with Crippen molar-refractivity contribution >= 4 is 38.4 Å². The lowest BCUT2D eigenvalue weighted by Crippen LogP contribution is -2.26. The molecule has 0 aliphatic carbocycles. The molecule has 2 N–H and O–H groups in total. The van der Waals surface area contributed by atoms with Gasteiger partial charge in [0, 0.05) is 30.2 Å². The molecule has 0 unspecified atom stereocenters. The van der Waals surface area contributed by atoms with Crippen LogP contribution in [0.3, 0.4) is 0 Å². The standard InChI is InChI=1S/C15H19N3O4S2/c1-22-7-6-16-14(19)10-2-4-11(5-3-10)17-15-18-12-8-24(20,21)9-13(12)23-15/h2-5,12-13H,6-9H2,1H3,(H,16,19)(H,17,18)/t12-,13-/m0/s1. The van der Waals surface area contributed by atoms with Gasteiger partial charge in [-0.1, -0.05) is 11.8 Å². The molecule has 2 aliphatic rings. The maximum Gasteiger partial charge on any atom is 0.251 e. The molecule has 3 rings (SSSR count). The predicted octanol–water partition coefficient (Wildman–Crippen LogP) is 0.743. The van der Waals surface area contributed by atoms with Crippen LogP contribution >= 0.6 is 11.8 Å². The fraction of sp³-hybridized carbons (Fsp3) is 0.467. The number of hydrogen-bond donors (Lipinski definition) is 2. The zero-order chi connectivity index (χ0) is 17.2. The molecule has 2 heterocycles. The topological polar surface area (TPSA) is 96.9 Å². The lowest BCUT2D eigenvalue weighted by molar-refractivity contribution is 0.0937. The van der Waals surface area contributed by atoms with Crippen molar-refractivity contribution in [2.75, 3.05) is 37.1 Å². The summed E-state index contributed by atoms with van der Waals surface area (Å²) < 4.78 is 28.0. The minimum atomic E-state index is -2.94. The highest BCUT2D eigenvalue weighted by Gasteiger charge is 2.42. The first-order chi connectivity index (χ1) is 11.5. The average molecular weight is 369 g/mol. The zero-order valence-electron chi connectivity index (χ0n) is 13.2. The van der Waals surface area contributed by atoms with Gasteiger partial charge in [-0.25, -0.2) is 8.42 Å². The first-order valence-corrected chi connectivity index (χ1v) is 10.3. The SMILES string of the molecule is COCCNC(=O)c1ccc(NC2=N[C@H]3CS(=O)(=O)C[C@@H]3S2)cc1. The molecule has 7 nitrogen and oxygen atoms in total. The number of carbonyl (C=O) groups excluding carboxylic acids is 1. The number of anilines is 1. The second-order valence-corrected chi connectivity index (χ2v) is 9.07. The summed E-state index contributed by atoms with van der Waals surface area (Å²) in [5, 5.41) is 6.69. The van der Waals surface area contributed by atoms with Gasteiger partial charge in [-0.15, -0.1) is 0 Å². The third kappa shape index (κ3) is 4.08. The van der Waals surface area contributed by atoms with E-state index in [1.54, 1.807) is 31.4 Å². The van der Waals surface area contributed by atoms with Gasteiger partial charge in [-0.2, -0.15) is 0 Å². The quantitative estimate of drug-likeness (QED) is 0.743. The summed E-state index contributed by atoms with van der Waals surface area (Å²) in [4.78, 5) is 16.3. The highest BCUT2D eigenvalue weighted by molar-refractivity contribution is 8.15. The van der Waals surface area contributed by atoms with Crippen LogP contribution in [0.5, 0.6) is 0 Å². The van der Waals surface area contributed by atoms with E-state index in [0.717, 1.165) is 10.9 Å². The van der Waals surface area contributed by atoms with Crippen molar-refractivity contribution in [3.8, 4) is 0 Å². The van der Waals surface area contributed by atoms with Gasteiger partial charge in [0.15, 0.2) is 15.0 Å². The van der Waals surface area contributed by atoms with Crippen LogP contribution in [0.25, 0.3) is 0 Å². The molecule has 1 amide bonds. The van der Waals surface area contributed by atoms with Crippen LogP contribution in [0.4, 0.5) is 5.69 Å². The summed E-state index contributed by atoms with van der Waals surface area (Å²) in [7, 11) is -1.35. The number of amidine groups is 1. The number of aliphatic imine (C=N–C) groups is 1. The summed E-state index contributed by atoms with van der Waals surface area (Å²) >= 11 is 1.47. The largest absolute Gasteiger partial charge is 0.383 e. The summed E-state index contributed by atoms with van der Waals surface area (Å²) in [6.07, 6.45) is 0. The van der Waals surface area contributed by atoms with Gasteiger partial charge in [0.25, 0.3) is 5.91 Å². The van der Waals surface area contributed by atoms with Crippen molar-refractivity contribution in [3.63, 3.8) is 0 Å². The van der Waals surface area contributed by atoms with Gasteiger partial charge in [-0.3, -0.25) is 9.79 Å². The average Bonchev–Trinajstić information content (AvgIpc) is 3.00. The monoisotopic (exact) mass is 369 g/mol. The third-order valence-electron chi connectivity index (χ3n) is 3.81. The Morgan fingerprint density at radius 1 is 1.33 bits per heavy atom. The summed E-state index contributed by atoms with van der Waals surface area (Å²) in [5.74, 6) is 0.180. The number of thioether (sulfide) groups is 1. The fourth-order valence-electron chi connectivity index (χ4n) is 2.61. The number of nitrogens with zero attached hydrogens (tertiary/aromatic N) is 1. The summed E-state index contributed by atoms with van der Waals surface area (Å²) in [6.45, 7) is 0.939. The number of benzene rings is 1. The zero-order valence-corrected chi connectivity index (χ0v) is 14.8. The number of carbonyl (C=O) groups is 1. The van der Waals surface area contributed by atoms with E-state index in [-0.39, 0.29) is 28.7 Å². The van der Waals surface area contributed by atoms with Crippen LogP contribution in [-0.4, -0.2) is 62.6 Å². The van der Waals surface area contributed by atoms with Crippen LogP contribution in [0.2, 0.25) is 0 Å². The number of ether oxygens (including phenoxy) is 1. The number of sulfone groups is 1. The molecule has 2 aliphatic heterocycles. The molecule has 2 atom stereocenters. The van der Waals surface area contributed by atoms with E-state index in [1.807, 2.05) is 0 Å². The Morgan fingerprint density at radius 2 is 2.08 bits per heavy atom. The Hall–Kier alpha value is -1.58. The minimum Gasteiger partial charge on any atom is -0.383 e. The first-order valence-electron chi connectivity index (χ1n) is 7.56. The van der Waals surface area contributed by atoms with Gasteiger partial charge in [-0.05, 0) is 24.3 Å².